The molecule has 3 rings (SSSR count). The smallest absolute Gasteiger partial charge is 0.302 e. The number of hydrogen-bond acceptors (Lipinski definition) is 5. The lowest BCUT2D eigenvalue weighted by molar-refractivity contribution is -0.146. The van der Waals surface area contributed by atoms with E-state index in [1.807, 2.05) is 68.4 Å². The Kier molecular flexibility index (Phi) is 6.52. The highest BCUT2D eigenvalue weighted by Crippen LogP contribution is 2.32. The van der Waals surface area contributed by atoms with Crippen LogP contribution in [0.2, 0.25) is 0 Å². The van der Waals surface area contributed by atoms with Crippen LogP contribution in [0.1, 0.15) is 25.1 Å². The normalized spacial score (nSPS) is 13.0. The van der Waals surface area contributed by atoms with E-state index in [1.165, 1.54) is 6.92 Å². The van der Waals surface area contributed by atoms with Crippen molar-refractivity contribution in [2.24, 2.45) is 0 Å². The average Bonchev–Trinajstić information content (AvgIpc) is 3.03. The number of halogens is 1. The highest BCUT2D eigenvalue weighted by molar-refractivity contribution is 9.10. The van der Waals surface area contributed by atoms with E-state index in [0.717, 1.165) is 27.0 Å². The van der Waals surface area contributed by atoms with E-state index in [-0.39, 0.29) is 18.1 Å². The molecule has 0 aliphatic carbocycles. The minimum Gasteiger partial charge on any atom is -0.460 e. The lowest BCUT2D eigenvalue weighted by atomic mass is 10.0. The summed E-state index contributed by atoms with van der Waals surface area (Å²) in [7, 11) is 0. The molecule has 1 heterocycles. The number of ether oxygens (including phenoxy) is 1. The van der Waals surface area contributed by atoms with Crippen LogP contribution in [-0.4, -0.2) is 23.3 Å². The molecule has 0 saturated carbocycles. The Bertz CT molecular complexity index is 923. The van der Waals surface area contributed by atoms with Gasteiger partial charge in [0.1, 0.15) is 17.5 Å². The van der Waals surface area contributed by atoms with Crippen LogP contribution in [-0.2, 0) is 16.0 Å². The first-order valence-corrected chi connectivity index (χ1v) is 9.93. The summed E-state index contributed by atoms with van der Waals surface area (Å²) in [5.41, 5.74) is 3.59. The fraction of sp³-hybridized carbons (Fsp3) is 0.273. The van der Waals surface area contributed by atoms with E-state index in [4.69, 9.17) is 9.26 Å². The summed E-state index contributed by atoms with van der Waals surface area (Å²) < 4.78 is 12.2. The molecule has 0 radical (unpaired) electrons. The number of anilines is 1. The fourth-order valence-electron chi connectivity index (χ4n) is 3.04. The summed E-state index contributed by atoms with van der Waals surface area (Å²) in [5, 5.41) is 7.57. The van der Waals surface area contributed by atoms with Crippen molar-refractivity contribution in [2.45, 2.75) is 39.3 Å². The number of rotatable bonds is 7. The molecule has 28 heavy (non-hydrogen) atoms. The number of aryl methyl sites for hydroxylation is 1. The topological polar surface area (TPSA) is 64.4 Å². The van der Waals surface area contributed by atoms with Gasteiger partial charge in [0.15, 0.2) is 5.76 Å². The predicted octanol–water partition coefficient (Wildman–Crippen LogP) is 5.39. The van der Waals surface area contributed by atoms with Gasteiger partial charge < -0.3 is 14.6 Å². The number of nitrogens with zero attached hydrogens (tertiary/aromatic N) is 1. The molecule has 0 aliphatic heterocycles. The van der Waals surface area contributed by atoms with Gasteiger partial charge in [-0.3, -0.25) is 4.79 Å². The van der Waals surface area contributed by atoms with Crippen molar-refractivity contribution < 1.29 is 14.1 Å². The number of esters is 1. The van der Waals surface area contributed by atoms with E-state index in [2.05, 4.69) is 26.4 Å². The minimum atomic E-state index is -0.327. The Hall–Kier alpha value is -2.60. The standard InChI is InChI=1S/C22H23BrN2O3/c1-14(20(27-16(3)26)13-17-7-5-4-6-8-17)24-21-15(2)25-28-22(21)18-9-11-19(23)12-10-18/h4-12,14,20,24H,13H2,1-3H3. The van der Waals surface area contributed by atoms with Crippen molar-refractivity contribution in [1.29, 1.82) is 0 Å². The molecule has 0 bridgehead atoms. The van der Waals surface area contributed by atoms with E-state index < -0.39 is 0 Å². The van der Waals surface area contributed by atoms with Crippen molar-refractivity contribution >= 4 is 27.6 Å². The number of benzene rings is 2. The largest absolute Gasteiger partial charge is 0.460 e. The van der Waals surface area contributed by atoms with Crippen LogP contribution < -0.4 is 5.32 Å². The predicted molar refractivity (Wildman–Crippen MR) is 113 cm³/mol. The summed E-state index contributed by atoms with van der Waals surface area (Å²) in [6.07, 6.45) is 0.291. The van der Waals surface area contributed by atoms with Gasteiger partial charge in [0.05, 0.1) is 6.04 Å². The van der Waals surface area contributed by atoms with E-state index in [9.17, 15) is 4.79 Å². The molecular formula is C22H23BrN2O3. The van der Waals surface area contributed by atoms with Crippen LogP contribution in [0.15, 0.2) is 63.6 Å². The van der Waals surface area contributed by atoms with Gasteiger partial charge in [-0.1, -0.05) is 51.4 Å². The third kappa shape index (κ3) is 5.01. The first kappa shape index (κ1) is 20.1. The minimum absolute atomic E-state index is 0.142. The lowest BCUT2D eigenvalue weighted by Crippen LogP contribution is -2.36. The van der Waals surface area contributed by atoms with Gasteiger partial charge in [-0.25, -0.2) is 0 Å². The summed E-state index contributed by atoms with van der Waals surface area (Å²) in [5.74, 6) is 0.364. The molecule has 0 saturated heterocycles. The van der Waals surface area contributed by atoms with Crippen LogP contribution >= 0.6 is 15.9 Å². The molecule has 1 N–H and O–H groups in total. The van der Waals surface area contributed by atoms with Gasteiger partial charge in [0, 0.05) is 23.4 Å². The van der Waals surface area contributed by atoms with Gasteiger partial charge >= 0.3 is 5.97 Å². The lowest BCUT2D eigenvalue weighted by Gasteiger charge is -2.25. The summed E-state index contributed by atoms with van der Waals surface area (Å²) in [4.78, 5) is 11.7. The molecule has 2 aromatic carbocycles. The molecule has 0 amide bonds. The molecule has 146 valence electrons. The summed E-state index contributed by atoms with van der Waals surface area (Å²) >= 11 is 3.45. The average molecular weight is 443 g/mol. The van der Waals surface area contributed by atoms with Crippen LogP contribution in [0, 0.1) is 6.92 Å². The highest BCUT2D eigenvalue weighted by atomic mass is 79.9. The summed E-state index contributed by atoms with van der Waals surface area (Å²) in [6, 6.07) is 17.7. The first-order valence-electron chi connectivity index (χ1n) is 9.14. The second kappa shape index (κ2) is 9.06. The Labute approximate surface area is 173 Å². The third-order valence-corrected chi connectivity index (χ3v) is 5.02. The van der Waals surface area contributed by atoms with E-state index in [1.54, 1.807) is 0 Å². The van der Waals surface area contributed by atoms with Crippen molar-refractivity contribution in [2.75, 3.05) is 5.32 Å². The Morgan fingerprint density at radius 1 is 1.18 bits per heavy atom. The molecule has 3 aromatic rings. The quantitative estimate of drug-likeness (QED) is 0.497. The van der Waals surface area contributed by atoms with Crippen molar-refractivity contribution in [1.82, 2.24) is 5.16 Å². The van der Waals surface area contributed by atoms with Gasteiger partial charge in [0.25, 0.3) is 0 Å². The first-order chi connectivity index (χ1) is 13.4. The Balaban J connectivity index is 1.83. The molecule has 2 unspecified atom stereocenters. The maximum atomic E-state index is 11.7. The molecule has 5 nitrogen and oxygen atoms in total. The van der Waals surface area contributed by atoms with Gasteiger partial charge in [0.2, 0.25) is 0 Å². The zero-order valence-electron chi connectivity index (χ0n) is 16.1. The maximum absolute atomic E-state index is 11.7. The molecule has 2 atom stereocenters. The van der Waals surface area contributed by atoms with Crippen LogP contribution in [0.5, 0.6) is 0 Å². The zero-order chi connectivity index (χ0) is 20.1. The number of carbonyl (C=O) groups is 1. The molecule has 0 spiro atoms. The number of nitrogens with one attached hydrogen (secondary N) is 1. The molecular weight excluding hydrogens is 420 g/mol. The second-order valence-corrected chi connectivity index (χ2v) is 7.67. The third-order valence-electron chi connectivity index (χ3n) is 4.50. The van der Waals surface area contributed by atoms with Crippen LogP contribution in [0.3, 0.4) is 0 Å². The van der Waals surface area contributed by atoms with Gasteiger partial charge in [-0.05, 0) is 43.7 Å². The molecule has 6 heteroatoms. The Morgan fingerprint density at radius 2 is 1.86 bits per heavy atom. The maximum Gasteiger partial charge on any atom is 0.302 e. The summed E-state index contributed by atoms with van der Waals surface area (Å²) in [6.45, 7) is 5.32. The van der Waals surface area contributed by atoms with Crippen molar-refractivity contribution in [3.8, 4) is 11.3 Å². The SMILES string of the molecule is CC(=O)OC(Cc1ccccc1)C(C)Nc1c(C)noc1-c1ccc(Br)cc1. The van der Waals surface area contributed by atoms with E-state index >= 15 is 0 Å². The van der Waals surface area contributed by atoms with Crippen LogP contribution in [0.25, 0.3) is 11.3 Å². The molecule has 1 aromatic heterocycles. The molecule has 0 aliphatic rings. The fourth-order valence-corrected chi connectivity index (χ4v) is 3.30. The van der Waals surface area contributed by atoms with Crippen molar-refractivity contribution in [3.05, 3.63) is 70.3 Å². The monoisotopic (exact) mass is 442 g/mol. The van der Waals surface area contributed by atoms with E-state index in [0.29, 0.717) is 12.2 Å². The second-order valence-electron chi connectivity index (χ2n) is 6.75. The Morgan fingerprint density at radius 3 is 2.50 bits per heavy atom. The zero-order valence-corrected chi connectivity index (χ0v) is 17.7. The molecule has 0 fully saturated rings. The number of hydrogen-bond donors (Lipinski definition) is 1. The van der Waals surface area contributed by atoms with Crippen LogP contribution in [0.4, 0.5) is 5.69 Å². The van der Waals surface area contributed by atoms with Gasteiger partial charge in [-0.15, -0.1) is 0 Å². The number of aromatic nitrogens is 1. The van der Waals surface area contributed by atoms with Gasteiger partial charge in [-0.2, -0.15) is 0 Å². The number of carbonyl (C=O) groups excluding carboxylic acids is 1. The van der Waals surface area contributed by atoms with Crippen molar-refractivity contribution in [3.63, 3.8) is 0 Å². The highest BCUT2D eigenvalue weighted by Gasteiger charge is 2.24.